The molecule has 33 heavy (non-hydrogen) atoms. The molecule has 0 radical (unpaired) electrons. The predicted octanol–water partition coefficient (Wildman–Crippen LogP) is 4.97. The fraction of sp³-hybridized carbons (Fsp3) is 0.444. The number of aromatic nitrogens is 2. The Labute approximate surface area is 196 Å². The first-order valence-corrected chi connectivity index (χ1v) is 11.4. The third kappa shape index (κ3) is 5.50. The van der Waals surface area contributed by atoms with Crippen molar-refractivity contribution in [3.63, 3.8) is 0 Å². The number of carbonyl (C=O) groups excluding carboxylic acids is 1. The smallest absolute Gasteiger partial charge is 0.266 e. The Morgan fingerprint density at radius 1 is 1.12 bits per heavy atom. The van der Waals surface area contributed by atoms with Crippen molar-refractivity contribution in [3.8, 4) is 5.69 Å². The van der Waals surface area contributed by atoms with E-state index in [0.29, 0.717) is 36.3 Å². The minimum atomic E-state index is -0.422. The lowest BCUT2D eigenvalue weighted by atomic mass is 9.91. The van der Waals surface area contributed by atoms with Gasteiger partial charge in [0.25, 0.3) is 5.56 Å². The van der Waals surface area contributed by atoms with E-state index in [4.69, 9.17) is 9.72 Å². The number of ether oxygens (including phenoxy) is 1. The number of benzene rings is 2. The molecule has 0 aliphatic rings. The van der Waals surface area contributed by atoms with Gasteiger partial charge in [0, 0.05) is 20.1 Å². The zero-order valence-corrected chi connectivity index (χ0v) is 20.8. The summed E-state index contributed by atoms with van der Waals surface area (Å²) >= 11 is 0. The monoisotopic (exact) mass is 449 g/mol. The zero-order valence-electron chi connectivity index (χ0n) is 20.8. The lowest BCUT2D eigenvalue weighted by Gasteiger charge is -2.32. The summed E-state index contributed by atoms with van der Waals surface area (Å²) in [6, 6.07) is 12.9. The molecule has 1 heterocycles. The second-order valence-electron chi connectivity index (χ2n) is 9.89. The average molecular weight is 450 g/mol. The molecule has 0 N–H and O–H groups in total. The molecule has 6 heteroatoms. The lowest BCUT2D eigenvalue weighted by molar-refractivity contribution is -0.136. The molecule has 3 rings (SSSR count). The van der Waals surface area contributed by atoms with Crippen molar-refractivity contribution in [2.75, 3.05) is 20.3 Å². The fourth-order valence-electron chi connectivity index (χ4n) is 3.96. The van der Waals surface area contributed by atoms with Crippen LogP contribution in [0.4, 0.5) is 0 Å². The second-order valence-corrected chi connectivity index (χ2v) is 9.89. The van der Waals surface area contributed by atoms with Gasteiger partial charge in [0.1, 0.15) is 5.82 Å². The van der Waals surface area contributed by atoms with Gasteiger partial charge in [0.2, 0.25) is 5.91 Å². The summed E-state index contributed by atoms with van der Waals surface area (Å²) in [5.41, 5.74) is 3.31. The summed E-state index contributed by atoms with van der Waals surface area (Å²) < 4.78 is 6.95. The number of aryl methyl sites for hydroxylation is 2. The van der Waals surface area contributed by atoms with E-state index in [9.17, 15) is 9.59 Å². The number of amides is 1. The highest BCUT2D eigenvalue weighted by Crippen LogP contribution is 2.27. The van der Waals surface area contributed by atoms with E-state index in [-0.39, 0.29) is 16.9 Å². The zero-order chi connectivity index (χ0) is 24.3. The van der Waals surface area contributed by atoms with Crippen LogP contribution in [0.15, 0.2) is 47.3 Å². The molecular formula is C27H35N3O3. The van der Waals surface area contributed by atoms with Crippen molar-refractivity contribution in [1.82, 2.24) is 14.5 Å². The first kappa shape index (κ1) is 24.6. The number of para-hydroxylation sites is 1. The molecule has 1 atom stereocenters. The van der Waals surface area contributed by atoms with Crippen molar-refractivity contribution < 1.29 is 9.53 Å². The van der Waals surface area contributed by atoms with Crippen molar-refractivity contribution in [3.05, 3.63) is 69.8 Å². The average Bonchev–Trinajstić information content (AvgIpc) is 2.74. The maximum Gasteiger partial charge on any atom is 0.266 e. The maximum absolute atomic E-state index is 13.7. The summed E-state index contributed by atoms with van der Waals surface area (Å²) in [4.78, 5) is 33.7. The van der Waals surface area contributed by atoms with E-state index in [2.05, 4.69) is 0 Å². The maximum atomic E-state index is 13.7. The Morgan fingerprint density at radius 2 is 1.82 bits per heavy atom. The van der Waals surface area contributed by atoms with Gasteiger partial charge in [-0.25, -0.2) is 4.98 Å². The molecule has 3 aromatic rings. The van der Waals surface area contributed by atoms with Crippen LogP contribution in [0.1, 0.15) is 57.1 Å². The van der Waals surface area contributed by atoms with Gasteiger partial charge in [0.05, 0.1) is 29.2 Å². The van der Waals surface area contributed by atoms with Gasteiger partial charge in [-0.15, -0.1) is 0 Å². The van der Waals surface area contributed by atoms with Crippen LogP contribution in [-0.2, 0) is 9.53 Å². The summed E-state index contributed by atoms with van der Waals surface area (Å²) in [5, 5.41) is 0.552. The minimum absolute atomic E-state index is 0.0149. The first-order chi connectivity index (χ1) is 15.5. The largest absolute Gasteiger partial charge is 0.383 e. The number of hydrogen-bond donors (Lipinski definition) is 0. The van der Waals surface area contributed by atoms with Crippen LogP contribution in [0.3, 0.4) is 0 Å². The molecule has 6 nitrogen and oxygen atoms in total. The summed E-state index contributed by atoms with van der Waals surface area (Å²) in [7, 11) is 1.62. The van der Waals surface area contributed by atoms with Crippen LogP contribution < -0.4 is 5.56 Å². The van der Waals surface area contributed by atoms with E-state index in [0.717, 1.165) is 16.8 Å². The van der Waals surface area contributed by atoms with Crippen LogP contribution in [0, 0.1) is 19.3 Å². The fourth-order valence-corrected chi connectivity index (χ4v) is 3.96. The second kappa shape index (κ2) is 9.87. The van der Waals surface area contributed by atoms with Gasteiger partial charge >= 0.3 is 0 Å². The molecule has 1 aromatic heterocycles. The highest BCUT2D eigenvalue weighted by atomic mass is 16.5. The van der Waals surface area contributed by atoms with E-state index in [1.165, 1.54) is 0 Å². The molecular weight excluding hydrogens is 414 g/mol. The standard InChI is InChI=1S/C27H35N3O3/c1-18-12-13-21(16-19(18)2)30-25(28-23-11-9-8-10-22(23)26(30)32)20(3)29(14-15-33-7)24(31)17-27(4,5)6/h8-13,16,20H,14-15,17H2,1-7H3. The third-order valence-electron chi connectivity index (χ3n) is 5.93. The van der Waals surface area contributed by atoms with Gasteiger partial charge in [-0.2, -0.15) is 0 Å². The van der Waals surface area contributed by atoms with E-state index >= 15 is 0 Å². The van der Waals surface area contributed by atoms with Gasteiger partial charge in [0.15, 0.2) is 0 Å². The predicted molar refractivity (Wildman–Crippen MR) is 133 cm³/mol. The van der Waals surface area contributed by atoms with Gasteiger partial charge in [-0.3, -0.25) is 14.2 Å². The Balaban J connectivity index is 2.22. The summed E-state index contributed by atoms with van der Waals surface area (Å²) in [6.07, 6.45) is 0.391. The molecule has 0 aliphatic carbocycles. The minimum Gasteiger partial charge on any atom is -0.383 e. The number of carbonyl (C=O) groups is 1. The highest BCUT2D eigenvalue weighted by Gasteiger charge is 2.29. The SMILES string of the molecule is COCCN(C(=O)CC(C)(C)C)C(C)c1nc2ccccc2c(=O)n1-c1ccc(C)c(C)c1. The van der Waals surface area contributed by atoms with Crippen LogP contribution in [-0.4, -0.2) is 40.6 Å². The molecule has 176 valence electrons. The van der Waals surface area contributed by atoms with Gasteiger partial charge in [-0.1, -0.05) is 39.0 Å². The van der Waals surface area contributed by atoms with Crippen molar-refractivity contribution in [2.45, 2.75) is 54.0 Å². The summed E-state index contributed by atoms with van der Waals surface area (Å²) in [5.74, 6) is 0.557. The van der Waals surface area contributed by atoms with Crippen molar-refractivity contribution in [2.24, 2.45) is 5.41 Å². The van der Waals surface area contributed by atoms with Crippen LogP contribution >= 0.6 is 0 Å². The number of methoxy groups -OCH3 is 1. The number of fused-ring (bicyclic) bond motifs is 1. The molecule has 2 aromatic carbocycles. The van der Waals surface area contributed by atoms with E-state index in [1.54, 1.807) is 22.6 Å². The normalized spacial score (nSPS) is 12.7. The topological polar surface area (TPSA) is 64.4 Å². The Bertz CT molecular complexity index is 1210. The Kier molecular flexibility index (Phi) is 7.38. The van der Waals surface area contributed by atoms with Crippen LogP contribution in [0.5, 0.6) is 0 Å². The van der Waals surface area contributed by atoms with Gasteiger partial charge in [-0.05, 0) is 61.6 Å². The highest BCUT2D eigenvalue weighted by molar-refractivity contribution is 5.79. The van der Waals surface area contributed by atoms with Crippen LogP contribution in [0.25, 0.3) is 16.6 Å². The van der Waals surface area contributed by atoms with Crippen LogP contribution in [0.2, 0.25) is 0 Å². The number of nitrogens with zero attached hydrogens (tertiary/aromatic N) is 3. The molecule has 0 fully saturated rings. The first-order valence-electron chi connectivity index (χ1n) is 11.4. The van der Waals surface area contributed by atoms with E-state index in [1.807, 2.05) is 77.9 Å². The van der Waals surface area contributed by atoms with Gasteiger partial charge < -0.3 is 9.64 Å². The molecule has 0 saturated heterocycles. The quantitative estimate of drug-likeness (QED) is 0.511. The molecule has 0 saturated carbocycles. The molecule has 0 bridgehead atoms. The molecule has 1 unspecified atom stereocenters. The lowest BCUT2D eigenvalue weighted by Crippen LogP contribution is -2.40. The third-order valence-corrected chi connectivity index (χ3v) is 5.93. The molecule has 0 aliphatic heterocycles. The Hall–Kier alpha value is -2.99. The Morgan fingerprint density at radius 3 is 2.45 bits per heavy atom. The van der Waals surface area contributed by atoms with E-state index < -0.39 is 6.04 Å². The van der Waals surface area contributed by atoms with Crippen molar-refractivity contribution >= 4 is 16.8 Å². The molecule has 0 spiro atoms. The summed E-state index contributed by atoms with van der Waals surface area (Å²) in [6.45, 7) is 13.0. The number of rotatable bonds is 7. The number of hydrogen-bond acceptors (Lipinski definition) is 4. The van der Waals surface area contributed by atoms with Crippen molar-refractivity contribution in [1.29, 1.82) is 0 Å². The molecule has 1 amide bonds.